The van der Waals surface area contributed by atoms with Crippen molar-refractivity contribution in [2.75, 3.05) is 12.4 Å². The Kier molecular flexibility index (Phi) is 9.20. The van der Waals surface area contributed by atoms with Gasteiger partial charge in [-0.1, -0.05) is 26.7 Å². The number of carbonyl (C=O) groups is 2. The second-order valence-electron chi connectivity index (χ2n) is 4.14. The zero-order chi connectivity index (χ0) is 14.7. The van der Waals surface area contributed by atoms with Crippen LogP contribution in [0.15, 0.2) is 0 Å². The quantitative estimate of drug-likeness (QED) is 0.347. The van der Waals surface area contributed by atoms with Gasteiger partial charge in [0.1, 0.15) is 0 Å². The Hall–Kier alpha value is -1.11. The Morgan fingerprint density at radius 3 is 2.11 bits per heavy atom. The van der Waals surface area contributed by atoms with Crippen LogP contribution in [-0.4, -0.2) is 32.7 Å². The topological polar surface area (TPSA) is 86.7 Å². The lowest BCUT2D eigenvalue weighted by Crippen LogP contribution is -2.17. The Morgan fingerprint density at radius 1 is 0.947 bits per heavy atom. The second kappa shape index (κ2) is 9.77. The lowest BCUT2D eigenvalue weighted by Gasteiger charge is -2.05. The number of carbonyl (C=O) groups excluding carboxylic acids is 2. The molecule has 19 heavy (non-hydrogen) atoms. The minimum atomic E-state index is -3.81. The summed E-state index contributed by atoms with van der Waals surface area (Å²) in [4.78, 5) is 22.4. The van der Waals surface area contributed by atoms with E-state index in [9.17, 15) is 18.0 Å². The highest BCUT2D eigenvalue weighted by molar-refractivity contribution is 7.87. The molecule has 0 N–H and O–H groups in total. The first-order valence-corrected chi connectivity index (χ1v) is 8.09. The molecule has 0 fully saturated rings. The van der Waals surface area contributed by atoms with Gasteiger partial charge >= 0.3 is 22.1 Å². The fraction of sp³-hybridized carbons (Fsp3) is 0.833. The van der Waals surface area contributed by atoms with Crippen molar-refractivity contribution in [3.8, 4) is 0 Å². The van der Waals surface area contributed by atoms with Gasteiger partial charge in [-0.25, -0.2) is 0 Å². The molecule has 0 aliphatic rings. The third kappa shape index (κ3) is 10.5. The zero-order valence-corrected chi connectivity index (χ0v) is 12.3. The summed E-state index contributed by atoms with van der Waals surface area (Å²) in [5.41, 5.74) is 0. The maximum Gasteiger partial charge on any atom is 0.322 e. The monoisotopic (exact) mass is 294 g/mol. The van der Waals surface area contributed by atoms with E-state index >= 15 is 0 Å². The van der Waals surface area contributed by atoms with Gasteiger partial charge in [0, 0.05) is 0 Å². The fourth-order valence-corrected chi connectivity index (χ4v) is 2.24. The van der Waals surface area contributed by atoms with Gasteiger partial charge in [0.15, 0.2) is 0 Å². The van der Waals surface area contributed by atoms with Crippen LogP contribution in [0.1, 0.15) is 52.4 Å². The molecule has 0 amide bonds. The Balaban J connectivity index is 3.89. The van der Waals surface area contributed by atoms with Gasteiger partial charge in [0.05, 0.1) is 25.2 Å². The van der Waals surface area contributed by atoms with Gasteiger partial charge in [-0.05, 0) is 12.8 Å². The molecule has 0 aliphatic heterocycles. The standard InChI is InChI=1S/C12H22O6S/c1-3-5-9-17-11(13)7-8-12(14)18-19(15,16)10-6-4-2/h3-10H2,1-2H3. The molecule has 7 heteroatoms. The average molecular weight is 294 g/mol. The molecule has 112 valence electrons. The van der Waals surface area contributed by atoms with Crippen molar-refractivity contribution in [1.82, 2.24) is 0 Å². The van der Waals surface area contributed by atoms with Crippen LogP contribution in [0, 0.1) is 0 Å². The molecule has 0 aromatic rings. The van der Waals surface area contributed by atoms with E-state index in [-0.39, 0.29) is 18.6 Å². The molecular weight excluding hydrogens is 272 g/mol. The first kappa shape index (κ1) is 17.9. The van der Waals surface area contributed by atoms with E-state index in [0.29, 0.717) is 19.4 Å². The number of unbranched alkanes of at least 4 members (excludes halogenated alkanes) is 2. The summed E-state index contributed by atoms with van der Waals surface area (Å²) < 4.78 is 31.8. The highest BCUT2D eigenvalue weighted by atomic mass is 32.2. The molecule has 0 saturated heterocycles. The number of hydrogen-bond donors (Lipinski definition) is 0. The summed E-state index contributed by atoms with van der Waals surface area (Å²) in [5, 5.41) is 0. The first-order valence-electron chi connectivity index (χ1n) is 6.52. The van der Waals surface area contributed by atoms with Crippen LogP contribution in [0.4, 0.5) is 0 Å². The summed E-state index contributed by atoms with van der Waals surface area (Å²) in [7, 11) is -3.81. The summed E-state index contributed by atoms with van der Waals surface area (Å²) in [6, 6.07) is 0. The Bertz CT molecular complexity index is 374. The van der Waals surface area contributed by atoms with E-state index in [0.717, 1.165) is 12.8 Å². The summed E-state index contributed by atoms with van der Waals surface area (Å²) in [6.45, 7) is 4.12. The molecular formula is C12H22O6S. The van der Waals surface area contributed by atoms with Crippen LogP contribution in [0.3, 0.4) is 0 Å². The number of rotatable bonds is 10. The van der Waals surface area contributed by atoms with Crippen LogP contribution < -0.4 is 0 Å². The first-order chi connectivity index (χ1) is 8.91. The predicted molar refractivity (Wildman–Crippen MR) is 69.9 cm³/mol. The fourth-order valence-electron chi connectivity index (χ4n) is 1.15. The summed E-state index contributed by atoms with van der Waals surface area (Å²) >= 11 is 0. The molecule has 0 unspecified atom stereocenters. The van der Waals surface area contributed by atoms with Crippen LogP contribution in [0.25, 0.3) is 0 Å². The van der Waals surface area contributed by atoms with Crippen molar-refractivity contribution in [3.05, 3.63) is 0 Å². The molecule has 0 aromatic heterocycles. The molecule has 0 aliphatic carbocycles. The second-order valence-corrected chi connectivity index (χ2v) is 5.83. The molecule has 0 heterocycles. The third-order valence-electron chi connectivity index (χ3n) is 2.26. The minimum absolute atomic E-state index is 0.161. The van der Waals surface area contributed by atoms with Gasteiger partial charge in [-0.15, -0.1) is 0 Å². The van der Waals surface area contributed by atoms with Crippen LogP contribution >= 0.6 is 0 Å². The smallest absolute Gasteiger partial charge is 0.322 e. The highest BCUT2D eigenvalue weighted by Crippen LogP contribution is 2.04. The van der Waals surface area contributed by atoms with Gasteiger partial charge < -0.3 is 8.92 Å². The van der Waals surface area contributed by atoms with Crippen LogP contribution in [0.2, 0.25) is 0 Å². The lowest BCUT2D eigenvalue weighted by atomic mass is 10.3. The molecule has 0 bridgehead atoms. The minimum Gasteiger partial charge on any atom is -0.466 e. The van der Waals surface area contributed by atoms with Gasteiger partial charge in [0.25, 0.3) is 0 Å². The maximum absolute atomic E-state index is 11.3. The van der Waals surface area contributed by atoms with Gasteiger partial charge in [0.2, 0.25) is 0 Å². The number of hydrogen-bond acceptors (Lipinski definition) is 6. The van der Waals surface area contributed by atoms with E-state index in [2.05, 4.69) is 4.18 Å². The highest BCUT2D eigenvalue weighted by Gasteiger charge is 2.17. The maximum atomic E-state index is 11.3. The van der Waals surface area contributed by atoms with Gasteiger partial charge in [-0.3, -0.25) is 9.59 Å². The van der Waals surface area contributed by atoms with E-state index in [1.165, 1.54) is 0 Å². The molecule has 0 aromatic carbocycles. The molecule has 0 spiro atoms. The predicted octanol–water partition coefficient (Wildman–Crippen LogP) is 1.78. The zero-order valence-electron chi connectivity index (χ0n) is 11.5. The van der Waals surface area contributed by atoms with Crippen molar-refractivity contribution < 1.29 is 26.9 Å². The summed E-state index contributed by atoms with van der Waals surface area (Å²) in [6.07, 6.45) is 2.37. The van der Waals surface area contributed by atoms with Crippen LogP contribution in [0.5, 0.6) is 0 Å². The van der Waals surface area contributed by atoms with Gasteiger partial charge in [-0.2, -0.15) is 8.42 Å². The normalized spacial score (nSPS) is 11.1. The molecule has 6 nitrogen and oxygen atoms in total. The molecule has 0 radical (unpaired) electrons. The van der Waals surface area contributed by atoms with E-state index < -0.39 is 22.1 Å². The van der Waals surface area contributed by atoms with Crippen molar-refractivity contribution in [3.63, 3.8) is 0 Å². The summed E-state index contributed by atoms with van der Waals surface area (Å²) in [5.74, 6) is -1.61. The van der Waals surface area contributed by atoms with Crippen molar-refractivity contribution in [2.45, 2.75) is 52.4 Å². The molecule has 0 rings (SSSR count). The SMILES string of the molecule is CCCCOC(=O)CCC(=O)OS(=O)(=O)CCCC. The van der Waals surface area contributed by atoms with Crippen molar-refractivity contribution >= 4 is 22.1 Å². The average Bonchev–Trinajstić information content (AvgIpc) is 2.34. The molecule has 0 saturated carbocycles. The number of ether oxygens (including phenoxy) is 1. The largest absolute Gasteiger partial charge is 0.466 e. The molecule has 0 atom stereocenters. The number of esters is 1. The van der Waals surface area contributed by atoms with E-state index in [1.54, 1.807) is 0 Å². The third-order valence-corrected chi connectivity index (χ3v) is 3.49. The van der Waals surface area contributed by atoms with Crippen molar-refractivity contribution in [1.29, 1.82) is 0 Å². The van der Waals surface area contributed by atoms with E-state index in [1.807, 2.05) is 13.8 Å². The Morgan fingerprint density at radius 2 is 1.53 bits per heavy atom. The van der Waals surface area contributed by atoms with Crippen molar-refractivity contribution in [2.24, 2.45) is 0 Å². The Labute approximate surface area is 114 Å². The lowest BCUT2D eigenvalue weighted by molar-refractivity contribution is -0.146. The van der Waals surface area contributed by atoms with E-state index in [4.69, 9.17) is 4.74 Å². The van der Waals surface area contributed by atoms with Crippen LogP contribution in [-0.2, 0) is 28.6 Å².